The number of rotatable bonds is 6. The van der Waals surface area contributed by atoms with Crippen LogP contribution in [0.3, 0.4) is 0 Å². The maximum Gasteiger partial charge on any atom is 0.228 e. The molecule has 2 amide bonds. The Morgan fingerprint density at radius 2 is 1.62 bits per heavy atom. The molecule has 0 aliphatic carbocycles. The van der Waals surface area contributed by atoms with Gasteiger partial charge >= 0.3 is 0 Å². The smallest absolute Gasteiger partial charge is 0.228 e. The number of benzene rings is 2. The van der Waals surface area contributed by atoms with Gasteiger partial charge in [-0.15, -0.1) is 0 Å². The van der Waals surface area contributed by atoms with E-state index in [1.54, 1.807) is 17.0 Å². The predicted molar refractivity (Wildman–Crippen MR) is 132 cm³/mol. The van der Waals surface area contributed by atoms with Gasteiger partial charge in [-0.05, 0) is 24.6 Å². The molecular formula is C25H30ClN3O5. The van der Waals surface area contributed by atoms with Gasteiger partial charge < -0.3 is 28.9 Å². The molecule has 9 heteroatoms. The number of carbonyl (C=O) groups excluding carboxylic acids is 2. The summed E-state index contributed by atoms with van der Waals surface area (Å²) in [6.07, 6.45) is 0.184. The summed E-state index contributed by atoms with van der Waals surface area (Å²) in [5.41, 5.74) is 2.88. The van der Waals surface area contributed by atoms with E-state index in [9.17, 15) is 9.59 Å². The highest BCUT2D eigenvalue weighted by Gasteiger charge is 2.38. The SMILES string of the molecule is COc1cc(N2CC(C(=O)N3CCN(c4cc(Cl)ccc4C)CC3)CC2=O)cc(OC)c1OC. The number of piperazine rings is 1. The fourth-order valence-electron chi connectivity index (χ4n) is 4.69. The van der Waals surface area contributed by atoms with Crippen molar-refractivity contribution in [3.63, 3.8) is 0 Å². The zero-order chi connectivity index (χ0) is 24.4. The first-order valence-corrected chi connectivity index (χ1v) is 11.6. The van der Waals surface area contributed by atoms with Gasteiger partial charge in [0.25, 0.3) is 0 Å². The highest BCUT2D eigenvalue weighted by atomic mass is 35.5. The van der Waals surface area contributed by atoms with Gasteiger partial charge in [-0.3, -0.25) is 9.59 Å². The largest absolute Gasteiger partial charge is 0.493 e. The van der Waals surface area contributed by atoms with Gasteiger partial charge in [-0.1, -0.05) is 17.7 Å². The van der Waals surface area contributed by atoms with Gasteiger partial charge in [0.05, 0.1) is 32.9 Å². The van der Waals surface area contributed by atoms with E-state index in [-0.39, 0.29) is 24.2 Å². The van der Waals surface area contributed by atoms with E-state index in [0.717, 1.165) is 24.3 Å². The first kappa shape index (κ1) is 24.0. The lowest BCUT2D eigenvalue weighted by molar-refractivity contribution is -0.136. The number of hydrogen-bond acceptors (Lipinski definition) is 6. The predicted octanol–water partition coefficient (Wildman–Crippen LogP) is 3.38. The number of amides is 2. The van der Waals surface area contributed by atoms with E-state index in [1.165, 1.54) is 21.3 Å². The maximum atomic E-state index is 13.3. The van der Waals surface area contributed by atoms with Crippen molar-refractivity contribution in [2.24, 2.45) is 5.92 Å². The van der Waals surface area contributed by atoms with Crippen LogP contribution in [0.4, 0.5) is 11.4 Å². The van der Waals surface area contributed by atoms with Crippen LogP contribution in [0.5, 0.6) is 17.2 Å². The fourth-order valence-corrected chi connectivity index (χ4v) is 4.86. The van der Waals surface area contributed by atoms with Gasteiger partial charge in [0.2, 0.25) is 17.6 Å². The number of methoxy groups -OCH3 is 3. The summed E-state index contributed by atoms with van der Waals surface area (Å²) in [5.74, 6) is 0.928. The third-order valence-corrected chi connectivity index (χ3v) is 6.77. The number of ether oxygens (including phenoxy) is 3. The fraction of sp³-hybridized carbons (Fsp3) is 0.440. The van der Waals surface area contributed by atoms with Gasteiger partial charge in [0.15, 0.2) is 11.5 Å². The van der Waals surface area contributed by atoms with E-state index in [4.69, 9.17) is 25.8 Å². The molecular weight excluding hydrogens is 458 g/mol. The summed E-state index contributed by atoms with van der Waals surface area (Å²) in [5, 5.41) is 0.704. The van der Waals surface area contributed by atoms with Crippen LogP contribution in [0.1, 0.15) is 12.0 Å². The summed E-state index contributed by atoms with van der Waals surface area (Å²) in [6, 6.07) is 9.34. The Kier molecular flexibility index (Phi) is 7.07. The maximum absolute atomic E-state index is 13.3. The van der Waals surface area contributed by atoms with E-state index < -0.39 is 0 Å². The summed E-state index contributed by atoms with van der Waals surface area (Å²) in [7, 11) is 4.59. The van der Waals surface area contributed by atoms with Crippen LogP contribution in [0.15, 0.2) is 30.3 Å². The van der Waals surface area contributed by atoms with Gasteiger partial charge in [0.1, 0.15) is 0 Å². The lowest BCUT2D eigenvalue weighted by Gasteiger charge is -2.37. The molecule has 182 valence electrons. The second-order valence-electron chi connectivity index (χ2n) is 8.53. The molecule has 2 aromatic carbocycles. The summed E-state index contributed by atoms with van der Waals surface area (Å²) in [6.45, 7) is 5.06. The molecule has 2 aliphatic heterocycles. The Bertz CT molecular complexity index is 1060. The molecule has 2 aliphatic rings. The van der Waals surface area contributed by atoms with Crippen LogP contribution in [0.2, 0.25) is 5.02 Å². The molecule has 4 rings (SSSR count). The molecule has 0 radical (unpaired) electrons. The van der Waals surface area contributed by atoms with Crippen molar-refractivity contribution in [1.29, 1.82) is 0 Å². The Balaban J connectivity index is 1.44. The van der Waals surface area contributed by atoms with Crippen LogP contribution >= 0.6 is 11.6 Å². The van der Waals surface area contributed by atoms with E-state index in [1.807, 2.05) is 23.1 Å². The summed E-state index contributed by atoms with van der Waals surface area (Å²) in [4.78, 5) is 31.9. The Morgan fingerprint density at radius 3 is 2.21 bits per heavy atom. The van der Waals surface area contributed by atoms with Crippen molar-refractivity contribution in [2.45, 2.75) is 13.3 Å². The first-order chi connectivity index (χ1) is 16.4. The number of carbonyl (C=O) groups is 2. The number of hydrogen-bond donors (Lipinski definition) is 0. The second kappa shape index (κ2) is 10.0. The molecule has 0 saturated carbocycles. The van der Waals surface area contributed by atoms with Crippen molar-refractivity contribution in [2.75, 3.05) is 63.9 Å². The molecule has 2 heterocycles. The molecule has 1 atom stereocenters. The third kappa shape index (κ3) is 4.59. The average molecular weight is 488 g/mol. The Labute approximate surface area is 204 Å². The monoisotopic (exact) mass is 487 g/mol. The average Bonchev–Trinajstić information content (AvgIpc) is 3.25. The lowest BCUT2D eigenvalue weighted by Crippen LogP contribution is -2.50. The number of nitrogens with zero attached hydrogens (tertiary/aromatic N) is 3. The van der Waals surface area contributed by atoms with Crippen LogP contribution in [-0.2, 0) is 9.59 Å². The van der Waals surface area contributed by atoms with E-state index in [2.05, 4.69) is 11.8 Å². The van der Waals surface area contributed by atoms with Crippen molar-refractivity contribution in [1.82, 2.24) is 4.90 Å². The van der Waals surface area contributed by atoms with Gasteiger partial charge in [-0.2, -0.15) is 0 Å². The second-order valence-corrected chi connectivity index (χ2v) is 8.97. The van der Waals surface area contributed by atoms with Crippen LogP contribution in [0, 0.1) is 12.8 Å². The minimum absolute atomic E-state index is 0.0192. The quantitative estimate of drug-likeness (QED) is 0.622. The highest BCUT2D eigenvalue weighted by molar-refractivity contribution is 6.30. The zero-order valence-corrected chi connectivity index (χ0v) is 20.7. The Morgan fingerprint density at radius 1 is 0.971 bits per heavy atom. The standard InChI is InChI=1S/C25H30ClN3O5/c1-16-5-6-18(26)12-20(16)27-7-9-28(10-8-27)25(31)17-11-23(30)29(15-17)19-13-21(32-2)24(34-4)22(14-19)33-3/h5-6,12-14,17H,7-11,15H2,1-4H3. The van der Waals surface area contributed by atoms with E-state index in [0.29, 0.717) is 47.6 Å². The molecule has 0 N–H and O–H groups in total. The molecule has 0 bridgehead atoms. The van der Waals surface area contributed by atoms with Gasteiger partial charge in [-0.25, -0.2) is 0 Å². The number of anilines is 2. The molecule has 2 fully saturated rings. The first-order valence-electron chi connectivity index (χ1n) is 11.3. The third-order valence-electron chi connectivity index (χ3n) is 6.54. The molecule has 1 unspecified atom stereocenters. The molecule has 8 nitrogen and oxygen atoms in total. The van der Waals surface area contributed by atoms with Crippen molar-refractivity contribution >= 4 is 34.8 Å². The number of halogens is 1. The molecule has 34 heavy (non-hydrogen) atoms. The minimum atomic E-state index is -0.383. The van der Waals surface area contributed by atoms with Crippen LogP contribution in [-0.4, -0.2) is 70.8 Å². The van der Waals surface area contributed by atoms with E-state index >= 15 is 0 Å². The van der Waals surface area contributed by atoms with Crippen molar-refractivity contribution in [3.05, 3.63) is 40.9 Å². The number of aryl methyl sites for hydroxylation is 1. The highest BCUT2D eigenvalue weighted by Crippen LogP contribution is 2.42. The summed E-state index contributed by atoms with van der Waals surface area (Å²) >= 11 is 6.18. The normalized spacial score (nSPS) is 18.3. The Hall–Kier alpha value is -3.13. The van der Waals surface area contributed by atoms with Crippen LogP contribution in [0.25, 0.3) is 0 Å². The van der Waals surface area contributed by atoms with Crippen molar-refractivity contribution in [3.8, 4) is 17.2 Å². The minimum Gasteiger partial charge on any atom is -0.493 e. The van der Waals surface area contributed by atoms with Crippen LogP contribution < -0.4 is 24.0 Å². The lowest BCUT2D eigenvalue weighted by atomic mass is 10.1. The molecule has 2 aromatic rings. The summed E-state index contributed by atoms with van der Waals surface area (Å²) < 4.78 is 16.2. The molecule has 0 aromatic heterocycles. The van der Waals surface area contributed by atoms with Gasteiger partial charge in [0, 0.05) is 62.0 Å². The van der Waals surface area contributed by atoms with Crippen molar-refractivity contribution < 1.29 is 23.8 Å². The molecule has 0 spiro atoms. The zero-order valence-electron chi connectivity index (χ0n) is 20.0. The molecule has 2 saturated heterocycles. The topological polar surface area (TPSA) is 71.6 Å².